The first kappa shape index (κ1) is 13.4. The zero-order valence-corrected chi connectivity index (χ0v) is 12.3. The van der Waals surface area contributed by atoms with Gasteiger partial charge in [-0.15, -0.1) is 0 Å². The molecule has 1 N–H and O–H groups in total. The van der Waals surface area contributed by atoms with Gasteiger partial charge in [0.1, 0.15) is 11.3 Å². The molecule has 21 heavy (non-hydrogen) atoms. The summed E-state index contributed by atoms with van der Waals surface area (Å²) in [5, 5.41) is 2.94. The fourth-order valence-electron chi connectivity index (χ4n) is 2.46. The number of anilines is 1. The summed E-state index contributed by atoms with van der Waals surface area (Å²) in [5.74, 6) is -0.142. The Morgan fingerprint density at radius 1 is 1.10 bits per heavy atom. The molecular formula is C17H17N3O. The van der Waals surface area contributed by atoms with Gasteiger partial charge in [0, 0.05) is 11.9 Å². The van der Waals surface area contributed by atoms with E-state index in [2.05, 4.69) is 10.3 Å². The summed E-state index contributed by atoms with van der Waals surface area (Å²) in [4.78, 5) is 17.0. The molecule has 0 aliphatic heterocycles. The fourth-order valence-corrected chi connectivity index (χ4v) is 2.46. The number of benzene rings is 1. The minimum absolute atomic E-state index is 0.142. The van der Waals surface area contributed by atoms with Gasteiger partial charge >= 0.3 is 0 Å². The van der Waals surface area contributed by atoms with Crippen molar-refractivity contribution in [3.63, 3.8) is 0 Å². The van der Waals surface area contributed by atoms with Crippen LogP contribution in [0.15, 0.2) is 42.6 Å². The number of hydrogen-bond acceptors (Lipinski definition) is 2. The third-order valence-electron chi connectivity index (χ3n) is 3.43. The number of aromatic nitrogens is 2. The first-order valence-corrected chi connectivity index (χ1v) is 6.88. The highest BCUT2D eigenvalue weighted by molar-refractivity contribution is 6.04. The monoisotopic (exact) mass is 279 g/mol. The van der Waals surface area contributed by atoms with E-state index >= 15 is 0 Å². The first-order chi connectivity index (χ1) is 10.0. The summed E-state index contributed by atoms with van der Waals surface area (Å²) in [7, 11) is 0. The highest BCUT2D eigenvalue weighted by atomic mass is 16.2. The summed E-state index contributed by atoms with van der Waals surface area (Å²) in [5.41, 5.74) is 5.08. The summed E-state index contributed by atoms with van der Waals surface area (Å²) in [6, 6.07) is 11.7. The van der Waals surface area contributed by atoms with Gasteiger partial charge < -0.3 is 5.32 Å². The first-order valence-electron chi connectivity index (χ1n) is 6.88. The number of hydrogen-bond donors (Lipinski definition) is 1. The third kappa shape index (κ3) is 2.52. The Kier molecular flexibility index (Phi) is 3.22. The van der Waals surface area contributed by atoms with Crippen molar-refractivity contribution in [3.8, 4) is 0 Å². The van der Waals surface area contributed by atoms with E-state index in [-0.39, 0.29) is 5.91 Å². The highest BCUT2D eigenvalue weighted by Crippen LogP contribution is 2.16. The van der Waals surface area contributed by atoms with Crippen molar-refractivity contribution in [1.29, 1.82) is 0 Å². The van der Waals surface area contributed by atoms with Crippen molar-refractivity contribution in [3.05, 3.63) is 65.1 Å². The van der Waals surface area contributed by atoms with Crippen LogP contribution in [0.3, 0.4) is 0 Å². The number of carbonyl (C=O) groups excluding carboxylic acids is 1. The molecule has 0 saturated carbocycles. The van der Waals surface area contributed by atoms with Gasteiger partial charge in [0.25, 0.3) is 5.91 Å². The maximum atomic E-state index is 12.6. The van der Waals surface area contributed by atoms with Gasteiger partial charge in [0.2, 0.25) is 0 Å². The van der Waals surface area contributed by atoms with Gasteiger partial charge in [-0.25, -0.2) is 4.98 Å². The molecule has 0 bridgehead atoms. The standard InChI is InChI=1S/C17H17N3O/c1-11-5-4-6-14(9-11)19-17(21)16-13(3)18-15-8-7-12(2)10-20(15)16/h4-10H,1-3H3,(H,19,21). The topological polar surface area (TPSA) is 46.4 Å². The summed E-state index contributed by atoms with van der Waals surface area (Å²) < 4.78 is 1.84. The van der Waals surface area contributed by atoms with E-state index in [1.165, 1.54) is 0 Å². The fraction of sp³-hybridized carbons (Fsp3) is 0.176. The molecule has 2 aromatic heterocycles. The molecule has 106 valence electrons. The van der Waals surface area contributed by atoms with E-state index in [1.54, 1.807) is 0 Å². The normalized spacial score (nSPS) is 10.8. The molecule has 0 atom stereocenters. The molecule has 3 aromatic rings. The van der Waals surface area contributed by atoms with Crippen molar-refractivity contribution >= 4 is 17.2 Å². The van der Waals surface area contributed by atoms with Crippen LogP contribution >= 0.6 is 0 Å². The Morgan fingerprint density at radius 2 is 1.90 bits per heavy atom. The number of rotatable bonds is 2. The van der Waals surface area contributed by atoms with E-state index in [0.717, 1.165) is 28.2 Å². The maximum absolute atomic E-state index is 12.6. The smallest absolute Gasteiger partial charge is 0.274 e. The van der Waals surface area contributed by atoms with Crippen LogP contribution in [0.25, 0.3) is 5.65 Å². The van der Waals surface area contributed by atoms with E-state index in [1.807, 2.05) is 67.8 Å². The molecule has 4 heteroatoms. The van der Waals surface area contributed by atoms with Crippen LogP contribution in [0.2, 0.25) is 0 Å². The molecule has 1 amide bonds. The maximum Gasteiger partial charge on any atom is 0.274 e. The zero-order chi connectivity index (χ0) is 15.0. The minimum Gasteiger partial charge on any atom is -0.321 e. The minimum atomic E-state index is -0.142. The second-order valence-electron chi connectivity index (χ2n) is 5.30. The number of aryl methyl sites for hydroxylation is 3. The van der Waals surface area contributed by atoms with Crippen molar-refractivity contribution in [2.24, 2.45) is 0 Å². The van der Waals surface area contributed by atoms with E-state index in [4.69, 9.17) is 0 Å². The lowest BCUT2D eigenvalue weighted by atomic mass is 10.2. The average Bonchev–Trinajstić information content (AvgIpc) is 2.74. The van der Waals surface area contributed by atoms with Crippen LogP contribution in [0.5, 0.6) is 0 Å². The summed E-state index contributed by atoms with van der Waals surface area (Å²) in [6.45, 7) is 5.85. The Hall–Kier alpha value is -2.62. The molecule has 2 heterocycles. The van der Waals surface area contributed by atoms with Crippen molar-refractivity contribution < 1.29 is 4.79 Å². The van der Waals surface area contributed by atoms with E-state index in [0.29, 0.717) is 5.69 Å². The van der Waals surface area contributed by atoms with E-state index in [9.17, 15) is 4.79 Å². The molecule has 0 spiro atoms. The lowest BCUT2D eigenvalue weighted by Crippen LogP contribution is -2.15. The van der Waals surface area contributed by atoms with Gasteiger partial charge in [-0.05, 0) is 50.1 Å². The molecule has 0 aliphatic carbocycles. The third-order valence-corrected chi connectivity index (χ3v) is 3.43. The lowest BCUT2D eigenvalue weighted by molar-refractivity contribution is 0.102. The number of carbonyl (C=O) groups is 1. The van der Waals surface area contributed by atoms with Crippen LogP contribution in [0.1, 0.15) is 27.3 Å². The number of pyridine rings is 1. The molecular weight excluding hydrogens is 262 g/mol. The molecule has 0 fully saturated rings. The average molecular weight is 279 g/mol. The molecule has 3 rings (SSSR count). The van der Waals surface area contributed by atoms with Gasteiger partial charge in [-0.2, -0.15) is 0 Å². The molecule has 4 nitrogen and oxygen atoms in total. The summed E-state index contributed by atoms with van der Waals surface area (Å²) >= 11 is 0. The molecule has 0 unspecified atom stereocenters. The number of imidazole rings is 1. The predicted molar refractivity (Wildman–Crippen MR) is 83.8 cm³/mol. The SMILES string of the molecule is Cc1cccc(NC(=O)c2c(C)nc3ccc(C)cn23)c1. The van der Waals surface area contributed by atoms with Gasteiger partial charge in [0.05, 0.1) is 5.69 Å². The second kappa shape index (κ2) is 5.05. The van der Waals surface area contributed by atoms with Crippen LogP contribution in [0.4, 0.5) is 5.69 Å². The van der Waals surface area contributed by atoms with Gasteiger partial charge in [-0.3, -0.25) is 9.20 Å². The Balaban J connectivity index is 2.01. The molecule has 1 aromatic carbocycles. The van der Waals surface area contributed by atoms with Crippen molar-refractivity contribution in [2.75, 3.05) is 5.32 Å². The summed E-state index contributed by atoms with van der Waals surface area (Å²) in [6.07, 6.45) is 1.93. The van der Waals surface area contributed by atoms with Gasteiger partial charge in [-0.1, -0.05) is 18.2 Å². The molecule has 0 aliphatic rings. The van der Waals surface area contributed by atoms with Crippen molar-refractivity contribution in [1.82, 2.24) is 9.38 Å². The number of amides is 1. The Bertz CT molecular complexity index is 833. The van der Waals surface area contributed by atoms with Crippen LogP contribution < -0.4 is 5.32 Å². The Labute approximate surface area is 123 Å². The van der Waals surface area contributed by atoms with Crippen LogP contribution in [-0.2, 0) is 0 Å². The number of nitrogens with one attached hydrogen (secondary N) is 1. The second-order valence-corrected chi connectivity index (χ2v) is 5.30. The Morgan fingerprint density at radius 3 is 2.67 bits per heavy atom. The van der Waals surface area contributed by atoms with Gasteiger partial charge in [0.15, 0.2) is 0 Å². The van der Waals surface area contributed by atoms with E-state index < -0.39 is 0 Å². The lowest BCUT2D eigenvalue weighted by Gasteiger charge is -2.07. The van der Waals surface area contributed by atoms with Crippen LogP contribution in [-0.4, -0.2) is 15.3 Å². The number of nitrogens with zero attached hydrogens (tertiary/aromatic N) is 2. The molecule has 0 saturated heterocycles. The van der Waals surface area contributed by atoms with Crippen LogP contribution in [0, 0.1) is 20.8 Å². The molecule has 0 radical (unpaired) electrons. The predicted octanol–water partition coefficient (Wildman–Crippen LogP) is 3.51. The quantitative estimate of drug-likeness (QED) is 0.780. The zero-order valence-electron chi connectivity index (χ0n) is 12.3. The number of fused-ring (bicyclic) bond motifs is 1. The largest absolute Gasteiger partial charge is 0.321 e. The highest BCUT2D eigenvalue weighted by Gasteiger charge is 2.16. The van der Waals surface area contributed by atoms with Crippen molar-refractivity contribution in [2.45, 2.75) is 20.8 Å².